The molecule has 1 aliphatic rings. The van der Waals surface area contributed by atoms with Crippen molar-refractivity contribution in [2.45, 2.75) is 58.4 Å². The number of benzene rings is 1. The summed E-state index contributed by atoms with van der Waals surface area (Å²) in [6.07, 6.45) is 4.36. The summed E-state index contributed by atoms with van der Waals surface area (Å²) in [5.74, 6) is 0. The molecule has 0 atom stereocenters. The SMILES string of the molecule is CC(C)NCc1ccc(COC2CCC2)cc1. The van der Waals surface area contributed by atoms with E-state index in [-0.39, 0.29) is 0 Å². The van der Waals surface area contributed by atoms with Crippen LogP contribution in [0.5, 0.6) is 0 Å². The normalized spacial score (nSPS) is 16.2. The maximum atomic E-state index is 5.79. The van der Waals surface area contributed by atoms with Crippen LogP contribution in [0, 0.1) is 0 Å². The van der Waals surface area contributed by atoms with E-state index in [0.29, 0.717) is 12.1 Å². The summed E-state index contributed by atoms with van der Waals surface area (Å²) in [4.78, 5) is 0. The summed E-state index contributed by atoms with van der Waals surface area (Å²) in [7, 11) is 0. The number of ether oxygens (including phenoxy) is 1. The highest BCUT2D eigenvalue weighted by atomic mass is 16.5. The highest BCUT2D eigenvalue weighted by Gasteiger charge is 2.17. The van der Waals surface area contributed by atoms with E-state index >= 15 is 0 Å². The number of hydrogen-bond acceptors (Lipinski definition) is 2. The smallest absolute Gasteiger partial charge is 0.0720 e. The van der Waals surface area contributed by atoms with Gasteiger partial charge in [-0.05, 0) is 30.4 Å². The second-order valence-electron chi connectivity index (χ2n) is 5.22. The molecule has 0 aromatic heterocycles. The fraction of sp³-hybridized carbons (Fsp3) is 0.600. The van der Waals surface area contributed by atoms with Crippen molar-refractivity contribution in [3.8, 4) is 0 Å². The van der Waals surface area contributed by atoms with Gasteiger partial charge in [0.25, 0.3) is 0 Å². The molecule has 94 valence electrons. The predicted molar refractivity (Wildman–Crippen MR) is 70.8 cm³/mol. The summed E-state index contributed by atoms with van der Waals surface area (Å²) >= 11 is 0. The third-order valence-corrected chi connectivity index (χ3v) is 3.28. The van der Waals surface area contributed by atoms with Crippen LogP contribution in [0.4, 0.5) is 0 Å². The molecule has 0 unspecified atom stereocenters. The Hall–Kier alpha value is -0.860. The first-order valence-corrected chi connectivity index (χ1v) is 6.67. The third-order valence-electron chi connectivity index (χ3n) is 3.28. The second-order valence-corrected chi connectivity index (χ2v) is 5.22. The van der Waals surface area contributed by atoms with Crippen LogP contribution in [0.3, 0.4) is 0 Å². The lowest BCUT2D eigenvalue weighted by Crippen LogP contribution is -2.22. The van der Waals surface area contributed by atoms with Crippen LogP contribution < -0.4 is 5.32 Å². The first-order chi connectivity index (χ1) is 8.24. The molecule has 0 aliphatic heterocycles. The lowest BCUT2D eigenvalue weighted by molar-refractivity contribution is -0.00866. The molecule has 2 nitrogen and oxygen atoms in total. The van der Waals surface area contributed by atoms with Crippen LogP contribution >= 0.6 is 0 Å². The van der Waals surface area contributed by atoms with Crippen molar-refractivity contribution in [3.05, 3.63) is 35.4 Å². The van der Waals surface area contributed by atoms with E-state index in [9.17, 15) is 0 Å². The van der Waals surface area contributed by atoms with E-state index in [1.165, 1.54) is 30.4 Å². The second kappa shape index (κ2) is 6.18. The summed E-state index contributed by atoms with van der Waals surface area (Å²) in [6.45, 7) is 6.05. The van der Waals surface area contributed by atoms with E-state index in [1.807, 2.05) is 0 Å². The average Bonchev–Trinajstić information content (AvgIpc) is 2.26. The molecule has 2 heteroatoms. The average molecular weight is 233 g/mol. The zero-order valence-electron chi connectivity index (χ0n) is 10.9. The molecule has 0 saturated heterocycles. The molecule has 1 saturated carbocycles. The predicted octanol–water partition coefficient (Wildman–Crippen LogP) is 3.25. The Morgan fingerprint density at radius 3 is 2.35 bits per heavy atom. The number of nitrogens with one attached hydrogen (secondary N) is 1. The molecule has 1 aliphatic carbocycles. The van der Waals surface area contributed by atoms with Gasteiger partial charge in [-0.1, -0.05) is 38.1 Å². The zero-order valence-corrected chi connectivity index (χ0v) is 10.9. The van der Waals surface area contributed by atoms with Crippen molar-refractivity contribution in [2.75, 3.05) is 0 Å². The van der Waals surface area contributed by atoms with Crippen LogP contribution in [-0.2, 0) is 17.9 Å². The van der Waals surface area contributed by atoms with Gasteiger partial charge in [0.2, 0.25) is 0 Å². The molecule has 0 amide bonds. The molecule has 1 aromatic carbocycles. The molecule has 0 radical (unpaired) electrons. The van der Waals surface area contributed by atoms with E-state index in [0.717, 1.165) is 13.2 Å². The lowest BCUT2D eigenvalue weighted by Gasteiger charge is -2.25. The van der Waals surface area contributed by atoms with Crippen LogP contribution in [0.1, 0.15) is 44.2 Å². The lowest BCUT2D eigenvalue weighted by atomic mass is 9.96. The largest absolute Gasteiger partial charge is 0.374 e. The minimum atomic E-state index is 0.525. The molecule has 2 rings (SSSR count). The fourth-order valence-electron chi connectivity index (χ4n) is 1.83. The standard InChI is InChI=1S/C15H23NO/c1-12(2)16-10-13-6-8-14(9-7-13)11-17-15-4-3-5-15/h6-9,12,15-16H,3-5,10-11H2,1-2H3. The van der Waals surface area contributed by atoms with Crippen molar-refractivity contribution in [2.24, 2.45) is 0 Å². The van der Waals surface area contributed by atoms with Crippen molar-refractivity contribution < 1.29 is 4.74 Å². The Kier molecular flexibility index (Phi) is 4.57. The molecule has 17 heavy (non-hydrogen) atoms. The molecule has 1 N–H and O–H groups in total. The molecular formula is C15H23NO. The van der Waals surface area contributed by atoms with Crippen molar-refractivity contribution in [1.29, 1.82) is 0 Å². The topological polar surface area (TPSA) is 21.3 Å². The van der Waals surface area contributed by atoms with Gasteiger partial charge in [0, 0.05) is 12.6 Å². The minimum absolute atomic E-state index is 0.525. The quantitative estimate of drug-likeness (QED) is 0.814. The molecule has 0 bridgehead atoms. The van der Waals surface area contributed by atoms with Gasteiger partial charge in [-0.2, -0.15) is 0 Å². The maximum Gasteiger partial charge on any atom is 0.0720 e. The van der Waals surface area contributed by atoms with Crippen LogP contribution in [0.2, 0.25) is 0 Å². The molecular weight excluding hydrogens is 210 g/mol. The van der Waals surface area contributed by atoms with Gasteiger partial charge in [-0.25, -0.2) is 0 Å². The van der Waals surface area contributed by atoms with E-state index < -0.39 is 0 Å². The minimum Gasteiger partial charge on any atom is -0.374 e. The fourth-order valence-corrected chi connectivity index (χ4v) is 1.83. The van der Waals surface area contributed by atoms with Crippen LogP contribution in [0.15, 0.2) is 24.3 Å². The van der Waals surface area contributed by atoms with Gasteiger partial charge in [-0.3, -0.25) is 0 Å². The highest BCUT2D eigenvalue weighted by Crippen LogP contribution is 2.23. The molecule has 0 heterocycles. The van der Waals surface area contributed by atoms with Crippen molar-refractivity contribution in [1.82, 2.24) is 5.32 Å². The molecule has 1 aromatic rings. The Morgan fingerprint density at radius 2 is 1.82 bits per heavy atom. The highest BCUT2D eigenvalue weighted by molar-refractivity contribution is 5.22. The van der Waals surface area contributed by atoms with Gasteiger partial charge < -0.3 is 10.1 Å². The van der Waals surface area contributed by atoms with E-state index in [2.05, 4.69) is 43.4 Å². The Bertz CT molecular complexity index is 327. The van der Waals surface area contributed by atoms with Gasteiger partial charge in [-0.15, -0.1) is 0 Å². The van der Waals surface area contributed by atoms with Gasteiger partial charge in [0.1, 0.15) is 0 Å². The Balaban J connectivity index is 1.76. The molecule has 0 spiro atoms. The molecule has 1 fully saturated rings. The summed E-state index contributed by atoms with van der Waals surface area (Å²) < 4.78 is 5.79. The van der Waals surface area contributed by atoms with Crippen LogP contribution in [-0.4, -0.2) is 12.1 Å². The number of hydrogen-bond donors (Lipinski definition) is 1. The first-order valence-electron chi connectivity index (χ1n) is 6.67. The summed E-state index contributed by atoms with van der Waals surface area (Å²) in [5.41, 5.74) is 2.62. The van der Waals surface area contributed by atoms with Gasteiger partial charge in [0.05, 0.1) is 12.7 Å². The Labute approximate surface area is 104 Å². The first kappa shape index (κ1) is 12.6. The van der Waals surface area contributed by atoms with Gasteiger partial charge in [0.15, 0.2) is 0 Å². The van der Waals surface area contributed by atoms with Crippen LogP contribution in [0.25, 0.3) is 0 Å². The number of rotatable bonds is 6. The summed E-state index contributed by atoms with van der Waals surface area (Å²) in [6, 6.07) is 9.27. The van der Waals surface area contributed by atoms with Crippen molar-refractivity contribution in [3.63, 3.8) is 0 Å². The Morgan fingerprint density at radius 1 is 1.18 bits per heavy atom. The third kappa shape index (κ3) is 4.14. The van der Waals surface area contributed by atoms with E-state index in [1.54, 1.807) is 0 Å². The zero-order chi connectivity index (χ0) is 12.1. The van der Waals surface area contributed by atoms with Crippen molar-refractivity contribution >= 4 is 0 Å². The monoisotopic (exact) mass is 233 g/mol. The maximum absolute atomic E-state index is 5.79. The van der Waals surface area contributed by atoms with Gasteiger partial charge >= 0.3 is 0 Å². The summed E-state index contributed by atoms with van der Waals surface area (Å²) in [5, 5.41) is 3.42. The van der Waals surface area contributed by atoms with E-state index in [4.69, 9.17) is 4.74 Å².